The quantitative estimate of drug-likeness (QED) is 0.906. The van der Waals surface area contributed by atoms with Crippen LogP contribution in [-0.2, 0) is 17.9 Å². The SMILES string of the molecule is Cc1csc(NC(=O)CN2CCn3c(C)nnc3C2)n1. The molecule has 1 aliphatic rings. The fourth-order valence-corrected chi connectivity index (χ4v) is 2.97. The maximum absolute atomic E-state index is 12.0. The van der Waals surface area contributed by atoms with E-state index in [-0.39, 0.29) is 5.91 Å². The molecule has 0 atom stereocenters. The molecule has 3 heterocycles. The summed E-state index contributed by atoms with van der Waals surface area (Å²) in [6, 6.07) is 0. The van der Waals surface area contributed by atoms with Crippen LogP contribution in [0.4, 0.5) is 5.13 Å². The number of aryl methyl sites for hydroxylation is 2. The van der Waals surface area contributed by atoms with Gasteiger partial charge in [-0.3, -0.25) is 9.69 Å². The Hall–Kier alpha value is -1.80. The highest BCUT2D eigenvalue weighted by Crippen LogP contribution is 2.15. The van der Waals surface area contributed by atoms with E-state index in [0.717, 1.165) is 30.4 Å². The third-order valence-corrected chi connectivity index (χ3v) is 4.13. The lowest BCUT2D eigenvalue weighted by atomic mass is 10.3. The number of anilines is 1. The summed E-state index contributed by atoms with van der Waals surface area (Å²) in [5, 5.41) is 13.6. The standard InChI is InChI=1S/C12H16N6OS/c1-8-7-20-12(13-8)14-11(19)6-17-3-4-18-9(2)15-16-10(18)5-17/h7H,3-6H2,1-2H3,(H,13,14,19). The molecule has 2 aromatic heterocycles. The van der Waals surface area contributed by atoms with E-state index in [2.05, 4.69) is 30.0 Å². The summed E-state index contributed by atoms with van der Waals surface area (Å²) in [6.07, 6.45) is 0. The van der Waals surface area contributed by atoms with Crippen LogP contribution in [0.25, 0.3) is 0 Å². The van der Waals surface area contributed by atoms with Crippen molar-refractivity contribution in [2.45, 2.75) is 26.9 Å². The first-order valence-electron chi connectivity index (χ1n) is 6.45. The van der Waals surface area contributed by atoms with Gasteiger partial charge in [0, 0.05) is 18.5 Å². The first kappa shape index (κ1) is 13.2. The lowest BCUT2D eigenvalue weighted by Gasteiger charge is -2.26. The number of aromatic nitrogens is 4. The molecular weight excluding hydrogens is 276 g/mol. The Morgan fingerprint density at radius 2 is 2.25 bits per heavy atom. The molecule has 2 aromatic rings. The highest BCUT2D eigenvalue weighted by Gasteiger charge is 2.21. The minimum atomic E-state index is -0.0379. The fraction of sp³-hybridized carbons (Fsp3) is 0.500. The normalized spacial score (nSPS) is 15.1. The Morgan fingerprint density at radius 3 is 3.00 bits per heavy atom. The number of nitrogens with one attached hydrogen (secondary N) is 1. The largest absolute Gasteiger partial charge is 0.313 e. The zero-order chi connectivity index (χ0) is 14.1. The molecule has 20 heavy (non-hydrogen) atoms. The van der Waals surface area contributed by atoms with Gasteiger partial charge in [0.05, 0.1) is 18.8 Å². The molecule has 0 unspecified atom stereocenters. The predicted molar refractivity (Wildman–Crippen MR) is 75.5 cm³/mol. The number of carbonyl (C=O) groups excluding carboxylic acids is 1. The van der Waals surface area contributed by atoms with Crippen LogP contribution in [0.1, 0.15) is 17.3 Å². The Labute approximate surface area is 120 Å². The van der Waals surface area contributed by atoms with Gasteiger partial charge in [-0.15, -0.1) is 21.5 Å². The van der Waals surface area contributed by atoms with Crippen LogP contribution >= 0.6 is 11.3 Å². The molecule has 0 saturated carbocycles. The van der Waals surface area contributed by atoms with Crippen LogP contribution in [0.5, 0.6) is 0 Å². The molecule has 0 bridgehead atoms. The van der Waals surface area contributed by atoms with E-state index in [1.54, 1.807) is 0 Å². The minimum absolute atomic E-state index is 0.0379. The van der Waals surface area contributed by atoms with Gasteiger partial charge in [0.1, 0.15) is 11.6 Å². The molecule has 1 aliphatic heterocycles. The third-order valence-electron chi connectivity index (χ3n) is 3.25. The fourth-order valence-electron chi connectivity index (χ4n) is 2.26. The minimum Gasteiger partial charge on any atom is -0.313 e. The van der Waals surface area contributed by atoms with Crippen molar-refractivity contribution in [3.63, 3.8) is 0 Å². The summed E-state index contributed by atoms with van der Waals surface area (Å²) < 4.78 is 2.10. The van der Waals surface area contributed by atoms with Crippen LogP contribution in [0.15, 0.2) is 5.38 Å². The topological polar surface area (TPSA) is 75.9 Å². The van der Waals surface area contributed by atoms with E-state index < -0.39 is 0 Å². The van der Waals surface area contributed by atoms with Gasteiger partial charge in [0.25, 0.3) is 0 Å². The van der Waals surface area contributed by atoms with E-state index >= 15 is 0 Å². The monoisotopic (exact) mass is 292 g/mol. The summed E-state index contributed by atoms with van der Waals surface area (Å²) in [4.78, 5) is 18.3. The Morgan fingerprint density at radius 1 is 1.40 bits per heavy atom. The second kappa shape index (κ2) is 5.29. The maximum Gasteiger partial charge on any atom is 0.240 e. The van der Waals surface area contributed by atoms with Crippen molar-refractivity contribution in [2.75, 3.05) is 18.4 Å². The van der Waals surface area contributed by atoms with Gasteiger partial charge >= 0.3 is 0 Å². The van der Waals surface area contributed by atoms with E-state index in [1.165, 1.54) is 11.3 Å². The van der Waals surface area contributed by atoms with Crippen molar-refractivity contribution in [2.24, 2.45) is 0 Å². The molecule has 0 aliphatic carbocycles. The Bertz CT molecular complexity index is 634. The molecule has 0 radical (unpaired) electrons. The lowest BCUT2D eigenvalue weighted by molar-refractivity contribution is -0.117. The molecule has 0 saturated heterocycles. The van der Waals surface area contributed by atoms with Crippen molar-refractivity contribution in [1.82, 2.24) is 24.6 Å². The van der Waals surface area contributed by atoms with E-state index in [9.17, 15) is 4.79 Å². The second-order valence-electron chi connectivity index (χ2n) is 4.87. The van der Waals surface area contributed by atoms with Gasteiger partial charge in [0.15, 0.2) is 5.13 Å². The molecule has 0 fully saturated rings. The first-order valence-corrected chi connectivity index (χ1v) is 7.33. The number of amides is 1. The van der Waals surface area contributed by atoms with Crippen molar-refractivity contribution >= 4 is 22.4 Å². The number of nitrogens with zero attached hydrogens (tertiary/aromatic N) is 5. The smallest absolute Gasteiger partial charge is 0.240 e. The number of fused-ring (bicyclic) bond motifs is 1. The third kappa shape index (κ3) is 2.70. The molecule has 7 nitrogen and oxygen atoms in total. The first-order chi connectivity index (χ1) is 9.61. The number of hydrogen-bond donors (Lipinski definition) is 1. The second-order valence-corrected chi connectivity index (χ2v) is 5.73. The van der Waals surface area contributed by atoms with Crippen LogP contribution < -0.4 is 5.32 Å². The van der Waals surface area contributed by atoms with E-state index in [0.29, 0.717) is 18.2 Å². The average molecular weight is 292 g/mol. The van der Waals surface area contributed by atoms with Crippen LogP contribution in [0.2, 0.25) is 0 Å². The van der Waals surface area contributed by atoms with Gasteiger partial charge in [-0.2, -0.15) is 0 Å². The highest BCUT2D eigenvalue weighted by atomic mass is 32.1. The molecule has 106 valence electrons. The molecule has 0 aromatic carbocycles. The van der Waals surface area contributed by atoms with Crippen molar-refractivity contribution in [3.05, 3.63) is 22.7 Å². The summed E-state index contributed by atoms with van der Waals surface area (Å²) >= 11 is 1.44. The molecule has 1 N–H and O–H groups in total. The average Bonchev–Trinajstić information content (AvgIpc) is 2.96. The summed E-state index contributed by atoms with van der Waals surface area (Å²) in [5.74, 6) is 1.82. The van der Waals surface area contributed by atoms with Crippen molar-refractivity contribution in [1.29, 1.82) is 0 Å². The van der Waals surface area contributed by atoms with Crippen LogP contribution in [-0.4, -0.2) is 43.6 Å². The van der Waals surface area contributed by atoms with E-state index in [4.69, 9.17) is 0 Å². The summed E-state index contributed by atoms with van der Waals surface area (Å²) in [5.41, 5.74) is 0.923. The number of thiazole rings is 1. The number of hydrogen-bond acceptors (Lipinski definition) is 6. The van der Waals surface area contributed by atoms with Gasteiger partial charge < -0.3 is 9.88 Å². The molecule has 1 amide bonds. The van der Waals surface area contributed by atoms with Gasteiger partial charge in [0.2, 0.25) is 5.91 Å². The zero-order valence-electron chi connectivity index (χ0n) is 11.5. The number of carbonyl (C=O) groups is 1. The summed E-state index contributed by atoms with van der Waals surface area (Å²) in [6.45, 7) is 6.53. The van der Waals surface area contributed by atoms with Gasteiger partial charge in [-0.1, -0.05) is 0 Å². The summed E-state index contributed by atoms with van der Waals surface area (Å²) in [7, 11) is 0. The molecule has 0 spiro atoms. The molecular formula is C12H16N6OS. The predicted octanol–water partition coefficient (Wildman–Crippen LogP) is 0.806. The van der Waals surface area contributed by atoms with Gasteiger partial charge in [-0.25, -0.2) is 4.98 Å². The van der Waals surface area contributed by atoms with Crippen LogP contribution in [0.3, 0.4) is 0 Å². The lowest BCUT2D eigenvalue weighted by Crippen LogP contribution is -2.39. The van der Waals surface area contributed by atoms with E-state index in [1.807, 2.05) is 19.2 Å². The highest BCUT2D eigenvalue weighted by molar-refractivity contribution is 7.13. The zero-order valence-corrected chi connectivity index (χ0v) is 12.3. The Balaban J connectivity index is 1.58. The maximum atomic E-state index is 12.0. The van der Waals surface area contributed by atoms with Crippen molar-refractivity contribution in [3.8, 4) is 0 Å². The Kier molecular flexibility index (Phi) is 3.49. The van der Waals surface area contributed by atoms with Crippen LogP contribution in [0, 0.1) is 13.8 Å². The molecule has 8 heteroatoms. The molecule has 3 rings (SSSR count). The number of rotatable bonds is 3. The van der Waals surface area contributed by atoms with Crippen molar-refractivity contribution < 1.29 is 4.79 Å². The van der Waals surface area contributed by atoms with Gasteiger partial charge in [-0.05, 0) is 13.8 Å².